The lowest BCUT2D eigenvalue weighted by atomic mass is 10.1. The maximum atomic E-state index is 10.5. The second kappa shape index (κ2) is 5.27. The second-order valence-electron chi connectivity index (χ2n) is 4.11. The molecule has 0 radical (unpaired) electrons. The topological polar surface area (TPSA) is 45.5 Å². The molecule has 0 amide bonds. The molecule has 1 saturated heterocycles. The first-order valence-electron chi connectivity index (χ1n) is 5.82. The minimum atomic E-state index is 0.418. The number of carbonyl (C=O) groups is 1. The van der Waals surface area contributed by atoms with Crippen molar-refractivity contribution in [1.82, 2.24) is 10.2 Å². The van der Waals surface area contributed by atoms with E-state index < -0.39 is 0 Å². The van der Waals surface area contributed by atoms with Gasteiger partial charge in [-0.25, -0.2) is 0 Å². The molecule has 4 heteroatoms. The standard InChI is InChI=1S/C12H18N2O2/c1-2-14-6-5-13-8-10(14)7-11-3-4-12(9-15)16-11/h3-4,9-10,13H,2,5-8H2,1H3. The molecule has 2 rings (SSSR count). The van der Waals surface area contributed by atoms with Crippen LogP contribution in [-0.4, -0.2) is 43.4 Å². The van der Waals surface area contributed by atoms with E-state index in [1.165, 1.54) is 0 Å². The summed E-state index contributed by atoms with van der Waals surface area (Å²) in [4.78, 5) is 13.0. The number of piperazine rings is 1. The van der Waals surface area contributed by atoms with E-state index in [1.807, 2.05) is 6.07 Å². The highest BCUT2D eigenvalue weighted by atomic mass is 16.3. The Hall–Kier alpha value is -1.13. The quantitative estimate of drug-likeness (QED) is 0.770. The van der Waals surface area contributed by atoms with Gasteiger partial charge in [0, 0.05) is 32.1 Å². The Morgan fingerprint density at radius 3 is 3.19 bits per heavy atom. The summed E-state index contributed by atoms with van der Waals surface area (Å²) >= 11 is 0. The molecule has 1 aromatic heterocycles. The van der Waals surface area contributed by atoms with Crippen LogP contribution >= 0.6 is 0 Å². The Kier molecular flexibility index (Phi) is 3.74. The predicted octanol–water partition coefficient (Wildman–Crippen LogP) is 0.928. The van der Waals surface area contributed by atoms with E-state index in [4.69, 9.17) is 4.42 Å². The van der Waals surface area contributed by atoms with Gasteiger partial charge in [0.25, 0.3) is 0 Å². The maximum absolute atomic E-state index is 10.5. The van der Waals surface area contributed by atoms with E-state index >= 15 is 0 Å². The summed E-state index contributed by atoms with van der Waals surface area (Å²) < 4.78 is 5.41. The fourth-order valence-electron chi connectivity index (χ4n) is 2.22. The molecule has 0 bridgehead atoms. The summed E-state index contributed by atoms with van der Waals surface area (Å²) in [6.45, 7) is 6.38. The van der Waals surface area contributed by atoms with Crippen LogP contribution in [0.5, 0.6) is 0 Å². The third-order valence-electron chi connectivity index (χ3n) is 3.11. The molecule has 1 aromatic rings. The first-order chi connectivity index (χ1) is 7.83. The van der Waals surface area contributed by atoms with Gasteiger partial charge in [-0.3, -0.25) is 9.69 Å². The summed E-state index contributed by atoms with van der Waals surface area (Å²) in [7, 11) is 0. The molecule has 16 heavy (non-hydrogen) atoms. The third kappa shape index (κ3) is 2.51. The maximum Gasteiger partial charge on any atom is 0.185 e. The Bertz CT molecular complexity index is 349. The van der Waals surface area contributed by atoms with E-state index in [-0.39, 0.29) is 0 Å². The molecule has 0 aliphatic carbocycles. The van der Waals surface area contributed by atoms with Crippen LogP contribution in [0.3, 0.4) is 0 Å². The van der Waals surface area contributed by atoms with Gasteiger partial charge < -0.3 is 9.73 Å². The molecule has 0 spiro atoms. The lowest BCUT2D eigenvalue weighted by molar-refractivity contribution is 0.109. The van der Waals surface area contributed by atoms with Gasteiger partial charge >= 0.3 is 0 Å². The van der Waals surface area contributed by atoms with Crippen molar-refractivity contribution in [2.45, 2.75) is 19.4 Å². The molecule has 1 unspecified atom stereocenters. The van der Waals surface area contributed by atoms with Crippen LogP contribution in [0, 0.1) is 0 Å². The van der Waals surface area contributed by atoms with Gasteiger partial charge in [0.2, 0.25) is 0 Å². The summed E-state index contributed by atoms with van der Waals surface area (Å²) in [5.74, 6) is 1.32. The van der Waals surface area contributed by atoms with Crippen molar-refractivity contribution in [3.8, 4) is 0 Å². The normalized spacial score (nSPS) is 22.2. The number of hydrogen-bond acceptors (Lipinski definition) is 4. The molecule has 0 aromatic carbocycles. The Morgan fingerprint density at radius 1 is 1.62 bits per heavy atom. The number of furan rings is 1. The van der Waals surface area contributed by atoms with Crippen LogP contribution in [0.15, 0.2) is 16.5 Å². The molecule has 88 valence electrons. The lowest BCUT2D eigenvalue weighted by Crippen LogP contribution is -2.51. The smallest absolute Gasteiger partial charge is 0.185 e. The number of nitrogens with zero attached hydrogens (tertiary/aromatic N) is 1. The van der Waals surface area contributed by atoms with Crippen LogP contribution in [0.2, 0.25) is 0 Å². The first-order valence-corrected chi connectivity index (χ1v) is 5.82. The molecule has 1 N–H and O–H groups in total. The van der Waals surface area contributed by atoms with E-state index in [1.54, 1.807) is 6.07 Å². The largest absolute Gasteiger partial charge is 0.458 e. The summed E-state index contributed by atoms with van der Waals surface area (Å²) in [6, 6.07) is 4.10. The van der Waals surface area contributed by atoms with E-state index in [9.17, 15) is 4.79 Å². The molecule has 1 aliphatic rings. The molecule has 2 heterocycles. The number of hydrogen-bond donors (Lipinski definition) is 1. The number of likely N-dealkylation sites (N-methyl/N-ethyl adjacent to an activating group) is 1. The highest BCUT2D eigenvalue weighted by molar-refractivity contribution is 5.70. The Balaban J connectivity index is 1.98. The fourth-order valence-corrected chi connectivity index (χ4v) is 2.22. The monoisotopic (exact) mass is 222 g/mol. The van der Waals surface area contributed by atoms with Crippen molar-refractivity contribution < 1.29 is 9.21 Å². The van der Waals surface area contributed by atoms with Crippen molar-refractivity contribution in [1.29, 1.82) is 0 Å². The zero-order valence-corrected chi connectivity index (χ0v) is 9.61. The highest BCUT2D eigenvalue weighted by Gasteiger charge is 2.21. The average molecular weight is 222 g/mol. The Labute approximate surface area is 95.6 Å². The van der Waals surface area contributed by atoms with Gasteiger partial charge in [-0.15, -0.1) is 0 Å². The van der Waals surface area contributed by atoms with Crippen molar-refractivity contribution >= 4 is 6.29 Å². The number of rotatable bonds is 4. The molecule has 0 saturated carbocycles. The minimum Gasteiger partial charge on any atom is -0.458 e. The lowest BCUT2D eigenvalue weighted by Gasteiger charge is -2.34. The van der Waals surface area contributed by atoms with Crippen LogP contribution in [0.4, 0.5) is 0 Å². The summed E-state index contributed by atoms with van der Waals surface area (Å²) in [5.41, 5.74) is 0. The second-order valence-corrected chi connectivity index (χ2v) is 4.11. The van der Waals surface area contributed by atoms with Crippen LogP contribution in [-0.2, 0) is 6.42 Å². The van der Waals surface area contributed by atoms with Gasteiger partial charge in [-0.1, -0.05) is 6.92 Å². The van der Waals surface area contributed by atoms with Gasteiger partial charge in [-0.05, 0) is 18.7 Å². The fraction of sp³-hybridized carbons (Fsp3) is 0.583. The minimum absolute atomic E-state index is 0.418. The zero-order valence-electron chi connectivity index (χ0n) is 9.61. The van der Waals surface area contributed by atoms with Gasteiger partial charge in [-0.2, -0.15) is 0 Å². The molecule has 1 aliphatic heterocycles. The molecule has 1 fully saturated rings. The Morgan fingerprint density at radius 2 is 2.50 bits per heavy atom. The zero-order chi connectivity index (χ0) is 11.4. The van der Waals surface area contributed by atoms with E-state index in [0.29, 0.717) is 11.8 Å². The number of carbonyl (C=O) groups excluding carboxylic acids is 1. The molecular weight excluding hydrogens is 204 g/mol. The van der Waals surface area contributed by atoms with E-state index in [2.05, 4.69) is 17.1 Å². The van der Waals surface area contributed by atoms with Crippen LogP contribution in [0.1, 0.15) is 23.2 Å². The van der Waals surface area contributed by atoms with Gasteiger partial charge in [0.05, 0.1) is 0 Å². The van der Waals surface area contributed by atoms with Crippen molar-refractivity contribution in [2.75, 3.05) is 26.2 Å². The highest BCUT2D eigenvalue weighted by Crippen LogP contribution is 2.13. The summed E-state index contributed by atoms with van der Waals surface area (Å²) in [5, 5.41) is 3.39. The number of nitrogens with one attached hydrogen (secondary N) is 1. The SMILES string of the molecule is CCN1CCNCC1Cc1ccc(C=O)o1. The number of aldehydes is 1. The average Bonchev–Trinajstić information content (AvgIpc) is 2.77. The predicted molar refractivity (Wildman–Crippen MR) is 61.7 cm³/mol. The first kappa shape index (κ1) is 11.4. The van der Waals surface area contributed by atoms with Gasteiger partial charge in [0.1, 0.15) is 5.76 Å². The third-order valence-corrected chi connectivity index (χ3v) is 3.11. The van der Waals surface area contributed by atoms with Crippen LogP contribution < -0.4 is 5.32 Å². The summed E-state index contributed by atoms with van der Waals surface area (Å²) in [6.07, 6.45) is 1.62. The van der Waals surface area contributed by atoms with Crippen molar-refractivity contribution in [3.05, 3.63) is 23.7 Å². The van der Waals surface area contributed by atoms with Crippen molar-refractivity contribution in [2.24, 2.45) is 0 Å². The van der Waals surface area contributed by atoms with Gasteiger partial charge in [0.15, 0.2) is 12.0 Å². The van der Waals surface area contributed by atoms with Crippen LogP contribution in [0.25, 0.3) is 0 Å². The molecule has 1 atom stereocenters. The molecule has 4 nitrogen and oxygen atoms in total. The molecular formula is C12H18N2O2. The van der Waals surface area contributed by atoms with Crippen molar-refractivity contribution in [3.63, 3.8) is 0 Å². The van der Waals surface area contributed by atoms with E-state index in [0.717, 1.165) is 44.6 Å².